The molecular formula is C11H11NS. The van der Waals surface area contributed by atoms with E-state index < -0.39 is 0 Å². The van der Waals surface area contributed by atoms with Crippen LogP contribution in [0.5, 0.6) is 0 Å². The maximum Gasteiger partial charge on any atom is 0.153 e. The van der Waals surface area contributed by atoms with Crippen LogP contribution in [0.2, 0.25) is 0 Å². The first-order chi connectivity index (χ1) is 6.20. The quantitative estimate of drug-likeness (QED) is 0.453. The van der Waals surface area contributed by atoms with Gasteiger partial charge in [0.05, 0.1) is 0 Å². The van der Waals surface area contributed by atoms with E-state index in [9.17, 15) is 0 Å². The van der Waals surface area contributed by atoms with Crippen molar-refractivity contribution in [2.24, 2.45) is 0 Å². The highest BCUT2D eigenvalue weighted by Gasteiger charge is 1.90. The van der Waals surface area contributed by atoms with Crippen molar-refractivity contribution in [1.82, 2.24) is 4.90 Å². The third-order valence-electron chi connectivity index (χ3n) is 1.49. The second-order valence-electron chi connectivity index (χ2n) is 2.82. The van der Waals surface area contributed by atoms with Crippen molar-refractivity contribution in [2.45, 2.75) is 0 Å². The number of rotatable bonds is 0. The van der Waals surface area contributed by atoms with E-state index in [0.29, 0.717) is 4.99 Å². The van der Waals surface area contributed by atoms with Crippen LogP contribution in [-0.2, 0) is 0 Å². The lowest BCUT2D eigenvalue weighted by Gasteiger charge is -2.05. The van der Waals surface area contributed by atoms with Crippen LogP contribution in [0.1, 0.15) is 5.56 Å². The molecule has 1 aromatic carbocycles. The summed E-state index contributed by atoms with van der Waals surface area (Å²) in [5.41, 5.74) is 0.992. The van der Waals surface area contributed by atoms with Gasteiger partial charge in [0, 0.05) is 19.7 Å². The molecule has 0 fully saturated rings. The van der Waals surface area contributed by atoms with E-state index in [4.69, 9.17) is 12.2 Å². The average molecular weight is 189 g/mol. The topological polar surface area (TPSA) is 3.24 Å². The Kier molecular flexibility index (Phi) is 3.48. The Labute approximate surface area is 84.4 Å². The summed E-state index contributed by atoms with van der Waals surface area (Å²) in [4.78, 5) is 2.48. The molecule has 0 unspecified atom stereocenters. The Morgan fingerprint density at radius 2 is 1.85 bits per heavy atom. The van der Waals surface area contributed by atoms with Gasteiger partial charge in [-0.25, -0.2) is 0 Å². The van der Waals surface area contributed by atoms with Crippen molar-refractivity contribution in [3.05, 3.63) is 35.9 Å². The van der Waals surface area contributed by atoms with Gasteiger partial charge >= 0.3 is 0 Å². The Bertz CT molecular complexity index is 343. The number of hydrogen-bond donors (Lipinski definition) is 0. The lowest BCUT2D eigenvalue weighted by Crippen LogP contribution is -2.17. The molecule has 0 aliphatic heterocycles. The van der Waals surface area contributed by atoms with E-state index in [1.54, 1.807) is 0 Å². The first-order valence-corrected chi connectivity index (χ1v) is 4.39. The van der Waals surface area contributed by atoms with Crippen LogP contribution in [0.25, 0.3) is 0 Å². The minimum atomic E-state index is 0.656. The van der Waals surface area contributed by atoms with Crippen LogP contribution in [-0.4, -0.2) is 24.0 Å². The highest BCUT2D eigenvalue weighted by molar-refractivity contribution is 7.80. The van der Waals surface area contributed by atoms with Crippen molar-refractivity contribution < 1.29 is 0 Å². The highest BCUT2D eigenvalue weighted by atomic mass is 32.1. The summed E-state index contributed by atoms with van der Waals surface area (Å²) < 4.78 is 0. The third-order valence-corrected chi connectivity index (χ3v) is 1.96. The Hall–Kier alpha value is -1.33. The van der Waals surface area contributed by atoms with Crippen molar-refractivity contribution in [2.75, 3.05) is 14.1 Å². The highest BCUT2D eigenvalue weighted by Crippen LogP contribution is 1.94. The molecule has 1 aromatic rings. The molecule has 0 N–H and O–H groups in total. The number of thiocarbonyl (C=S) groups is 1. The van der Waals surface area contributed by atoms with Crippen molar-refractivity contribution in [3.8, 4) is 11.8 Å². The number of hydrogen-bond acceptors (Lipinski definition) is 1. The van der Waals surface area contributed by atoms with Crippen LogP contribution in [0.15, 0.2) is 30.3 Å². The molecule has 0 amide bonds. The second-order valence-corrected chi connectivity index (χ2v) is 3.20. The predicted molar refractivity (Wildman–Crippen MR) is 59.6 cm³/mol. The molecule has 0 aliphatic rings. The van der Waals surface area contributed by atoms with Gasteiger partial charge in [-0.2, -0.15) is 0 Å². The maximum absolute atomic E-state index is 5.03. The smallest absolute Gasteiger partial charge is 0.153 e. The summed E-state index contributed by atoms with van der Waals surface area (Å²) in [6, 6.07) is 9.82. The minimum absolute atomic E-state index is 0.656. The summed E-state index contributed by atoms with van der Waals surface area (Å²) in [5, 5.41) is 0. The van der Waals surface area contributed by atoms with E-state index in [2.05, 4.69) is 11.8 Å². The monoisotopic (exact) mass is 189 g/mol. The van der Waals surface area contributed by atoms with Gasteiger partial charge in [-0.15, -0.1) is 0 Å². The Morgan fingerprint density at radius 1 is 1.23 bits per heavy atom. The van der Waals surface area contributed by atoms with Crippen molar-refractivity contribution in [1.29, 1.82) is 0 Å². The lowest BCUT2D eigenvalue weighted by molar-refractivity contribution is 0.641. The van der Waals surface area contributed by atoms with Gasteiger partial charge in [0.1, 0.15) is 0 Å². The van der Waals surface area contributed by atoms with E-state index in [1.165, 1.54) is 0 Å². The first-order valence-electron chi connectivity index (χ1n) is 3.98. The third kappa shape index (κ3) is 3.27. The molecule has 2 heteroatoms. The summed E-state index contributed by atoms with van der Waals surface area (Å²) in [6.07, 6.45) is 0. The molecule has 0 spiro atoms. The van der Waals surface area contributed by atoms with E-state index in [0.717, 1.165) is 5.56 Å². The van der Waals surface area contributed by atoms with E-state index in [-0.39, 0.29) is 0 Å². The fraction of sp³-hybridized carbons (Fsp3) is 0.182. The van der Waals surface area contributed by atoms with Crippen molar-refractivity contribution in [3.63, 3.8) is 0 Å². The summed E-state index contributed by atoms with van der Waals surface area (Å²) in [7, 11) is 3.78. The van der Waals surface area contributed by atoms with Gasteiger partial charge < -0.3 is 4.90 Å². The van der Waals surface area contributed by atoms with Gasteiger partial charge in [0.25, 0.3) is 0 Å². The molecule has 1 rings (SSSR count). The molecule has 0 aliphatic carbocycles. The molecule has 0 heterocycles. The fourth-order valence-corrected chi connectivity index (χ4v) is 0.810. The van der Waals surface area contributed by atoms with E-state index in [1.807, 2.05) is 49.3 Å². The molecule has 0 atom stereocenters. The van der Waals surface area contributed by atoms with Crippen LogP contribution in [0, 0.1) is 11.8 Å². The average Bonchev–Trinajstić information content (AvgIpc) is 2.15. The van der Waals surface area contributed by atoms with Crippen molar-refractivity contribution >= 4 is 17.2 Å². The molecule has 66 valence electrons. The summed E-state index contributed by atoms with van der Waals surface area (Å²) in [5.74, 6) is 5.90. The fourth-order valence-electron chi connectivity index (χ4n) is 0.759. The summed E-state index contributed by atoms with van der Waals surface area (Å²) >= 11 is 5.03. The maximum atomic E-state index is 5.03. The zero-order valence-corrected chi connectivity index (χ0v) is 8.56. The number of nitrogens with zero attached hydrogens (tertiary/aromatic N) is 1. The zero-order valence-electron chi connectivity index (χ0n) is 7.74. The van der Waals surface area contributed by atoms with Gasteiger partial charge in [-0.1, -0.05) is 36.3 Å². The van der Waals surface area contributed by atoms with Gasteiger partial charge in [-0.3, -0.25) is 0 Å². The molecule has 1 nitrogen and oxygen atoms in total. The van der Waals surface area contributed by atoms with Gasteiger partial charge in [-0.05, 0) is 18.1 Å². The summed E-state index contributed by atoms with van der Waals surface area (Å²) in [6.45, 7) is 0. The molecular weight excluding hydrogens is 178 g/mol. The van der Waals surface area contributed by atoms with Crippen LogP contribution >= 0.6 is 12.2 Å². The van der Waals surface area contributed by atoms with E-state index >= 15 is 0 Å². The largest absolute Gasteiger partial charge is 0.362 e. The molecule has 0 aromatic heterocycles. The van der Waals surface area contributed by atoms with Gasteiger partial charge in [0.15, 0.2) is 4.99 Å². The second kappa shape index (κ2) is 4.64. The van der Waals surface area contributed by atoms with Crippen LogP contribution < -0.4 is 0 Å². The minimum Gasteiger partial charge on any atom is -0.362 e. The zero-order chi connectivity index (χ0) is 9.68. The normalized spacial score (nSPS) is 8.46. The molecule has 0 saturated heterocycles. The predicted octanol–water partition coefficient (Wildman–Crippen LogP) is 1.93. The SMILES string of the molecule is CN(C)C(=S)C#Cc1ccccc1. The first kappa shape index (κ1) is 9.76. The molecule has 0 saturated carbocycles. The molecule has 0 radical (unpaired) electrons. The molecule has 13 heavy (non-hydrogen) atoms. The van der Waals surface area contributed by atoms with Gasteiger partial charge in [0.2, 0.25) is 0 Å². The van der Waals surface area contributed by atoms with Crippen LogP contribution in [0.4, 0.5) is 0 Å². The van der Waals surface area contributed by atoms with Crippen LogP contribution in [0.3, 0.4) is 0 Å². The standard InChI is InChI=1S/C11H11NS/c1-12(2)11(13)9-8-10-6-4-3-5-7-10/h3-7H,1-2H3. The number of benzene rings is 1. The Balaban J connectivity index is 2.74. The lowest BCUT2D eigenvalue weighted by atomic mass is 10.2. The Morgan fingerprint density at radius 3 is 2.38 bits per heavy atom. The molecule has 0 bridgehead atoms.